The van der Waals surface area contributed by atoms with Gasteiger partial charge in [0.1, 0.15) is 17.7 Å². The molecule has 0 spiro atoms. The Morgan fingerprint density at radius 3 is 2.87 bits per heavy atom. The van der Waals surface area contributed by atoms with Crippen LogP contribution in [0.2, 0.25) is 0 Å². The van der Waals surface area contributed by atoms with E-state index in [2.05, 4.69) is 25.8 Å². The highest BCUT2D eigenvalue weighted by Gasteiger charge is 2.16. The Labute approximate surface area is 183 Å². The van der Waals surface area contributed by atoms with Crippen molar-refractivity contribution < 1.29 is 4.79 Å². The molecule has 5 rings (SSSR count). The molecule has 0 bridgehead atoms. The summed E-state index contributed by atoms with van der Waals surface area (Å²) in [4.78, 5) is 31.9. The number of hydrogen-bond acceptors (Lipinski definition) is 8. The maximum Gasteiger partial charge on any atom is 0.263 e. The molecule has 0 aliphatic heterocycles. The van der Waals surface area contributed by atoms with E-state index in [9.17, 15) is 9.59 Å². The molecule has 0 saturated heterocycles. The second-order valence-electron chi connectivity index (χ2n) is 6.79. The van der Waals surface area contributed by atoms with Gasteiger partial charge in [0.05, 0.1) is 17.4 Å². The van der Waals surface area contributed by atoms with E-state index in [1.165, 1.54) is 33.2 Å². The van der Waals surface area contributed by atoms with Crippen LogP contribution in [0.15, 0.2) is 58.5 Å². The van der Waals surface area contributed by atoms with Crippen LogP contribution in [0.4, 0.5) is 5.69 Å². The van der Waals surface area contributed by atoms with Gasteiger partial charge < -0.3 is 5.32 Å². The molecule has 154 valence electrons. The van der Waals surface area contributed by atoms with E-state index in [-0.39, 0.29) is 18.0 Å². The summed E-state index contributed by atoms with van der Waals surface area (Å²) in [5.74, 6) is -0.326. The molecular weight excluding hydrogens is 434 g/mol. The Hall–Kier alpha value is -3.70. The van der Waals surface area contributed by atoms with Crippen LogP contribution < -0.4 is 10.9 Å². The number of aryl methyl sites for hydroxylation is 1. The van der Waals surface area contributed by atoms with Crippen molar-refractivity contribution in [2.24, 2.45) is 0 Å². The number of carbonyl (C=O) groups is 1. The maximum atomic E-state index is 13.1. The van der Waals surface area contributed by atoms with Crippen molar-refractivity contribution in [3.63, 3.8) is 0 Å². The standard InChI is InChI=1S/C20H15N7O2S2/c1-12-4-5-13(27-11-22-24-25-27)7-15(12)23-17(28)8-26-10-21-19-18(20(26)29)14(9-31-19)16-3-2-6-30-16/h2-7,9-11H,8H2,1H3,(H,23,28). The molecule has 0 radical (unpaired) electrons. The van der Waals surface area contributed by atoms with Gasteiger partial charge in [0.15, 0.2) is 0 Å². The van der Waals surface area contributed by atoms with Gasteiger partial charge in [0.2, 0.25) is 5.91 Å². The van der Waals surface area contributed by atoms with Crippen molar-refractivity contribution >= 4 is 44.5 Å². The predicted molar refractivity (Wildman–Crippen MR) is 120 cm³/mol. The summed E-state index contributed by atoms with van der Waals surface area (Å²) in [7, 11) is 0. The summed E-state index contributed by atoms with van der Waals surface area (Å²) in [6, 6.07) is 9.41. The van der Waals surface area contributed by atoms with E-state index in [0.717, 1.165) is 16.0 Å². The fourth-order valence-corrected chi connectivity index (χ4v) is 4.93. The molecule has 4 aromatic heterocycles. The van der Waals surface area contributed by atoms with Gasteiger partial charge in [-0.1, -0.05) is 12.1 Å². The Morgan fingerprint density at radius 2 is 2.10 bits per heavy atom. The molecule has 9 nitrogen and oxygen atoms in total. The normalized spacial score (nSPS) is 11.1. The number of fused-ring (bicyclic) bond motifs is 1. The van der Waals surface area contributed by atoms with Gasteiger partial charge in [-0.3, -0.25) is 14.2 Å². The Kier molecular flexibility index (Phi) is 4.88. The van der Waals surface area contributed by atoms with Gasteiger partial charge in [-0.25, -0.2) is 9.67 Å². The van der Waals surface area contributed by atoms with Crippen LogP contribution in [-0.4, -0.2) is 35.7 Å². The Balaban J connectivity index is 1.42. The van der Waals surface area contributed by atoms with Gasteiger partial charge >= 0.3 is 0 Å². The molecule has 31 heavy (non-hydrogen) atoms. The minimum Gasteiger partial charge on any atom is -0.324 e. The first-order chi connectivity index (χ1) is 15.1. The number of thiophene rings is 2. The lowest BCUT2D eigenvalue weighted by Crippen LogP contribution is -2.28. The molecule has 11 heteroatoms. The zero-order valence-corrected chi connectivity index (χ0v) is 17.9. The fourth-order valence-electron chi connectivity index (χ4n) is 3.20. The number of nitrogens with one attached hydrogen (secondary N) is 1. The zero-order chi connectivity index (χ0) is 21.4. The third kappa shape index (κ3) is 3.64. The van der Waals surface area contributed by atoms with Crippen LogP contribution in [-0.2, 0) is 11.3 Å². The molecule has 4 heterocycles. The molecule has 5 aromatic rings. The molecule has 1 amide bonds. The second kappa shape index (κ2) is 7.85. The summed E-state index contributed by atoms with van der Waals surface area (Å²) in [6.07, 6.45) is 2.89. The van der Waals surface area contributed by atoms with Crippen molar-refractivity contribution in [1.29, 1.82) is 0 Å². The molecule has 0 atom stereocenters. The van der Waals surface area contributed by atoms with Crippen molar-refractivity contribution in [2.45, 2.75) is 13.5 Å². The number of amides is 1. The van der Waals surface area contributed by atoms with E-state index in [1.54, 1.807) is 17.4 Å². The third-order valence-electron chi connectivity index (χ3n) is 4.77. The third-order valence-corrected chi connectivity index (χ3v) is 6.56. The minimum atomic E-state index is -0.326. The molecule has 0 aliphatic rings. The van der Waals surface area contributed by atoms with Gasteiger partial charge in [-0.2, -0.15) is 0 Å². The molecule has 0 fully saturated rings. The average molecular weight is 450 g/mol. The number of nitrogens with zero attached hydrogens (tertiary/aromatic N) is 6. The molecule has 1 aromatic carbocycles. The average Bonchev–Trinajstić information content (AvgIpc) is 3.53. The molecule has 1 N–H and O–H groups in total. The maximum absolute atomic E-state index is 13.1. The molecule has 0 unspecified atom stereocenters. The quantitative estimate of drug-likeness (QED) is 0.442. The van der Waals surface area contributed by atoms with Crippen LogP contribution in [0.25, 0.3) is 26.3 Å². The molecular formula is C20H15N7O2S2. The first-order valence-electron chi connectivity index (χ1n) is 9.24. The fraction of sp³-hybridized carbons (Fsp3) is 0.100. The summed E-state index contributed by atoms with van der Waals surface area (Å²) in [5, 5.41) is 18.4. The smallest absolute Gasteiger partial charge is 0.263 e. The first kappa shape index (κ1) is 19.3. The lowest BCUT2D eigenvalue weighted by Gasteiger charge is -2.11. The highest BCUT2D eigenvalue weighted by atomic mass is 32.1. The van der Waals surface area contributed by atoms with Crippen LogP contribution in [0.1, 0.15) is 5.56 Å². The second-order valence-corrected chi connectivity index (χ2v) is 8.59. The van der Waals surface area contributed by atoms with Crippen LogP contribution in [0.5, 0.6) is 0 Å². The predicted octanol–water partition coefficient (Wildman–Crippen LogP) is 3.11. The van der Waals surface area contributed by atoms with E-state index in [0.29, 0.717) is 21.6 Å². The monoisotopic (exact) mass is 449 g/mol. The Bertz CT molecular complexity index is 1440. The summed E-state index contributed by atoms with van der Waals surface area (Å²) in [6.45, 7) is 1.74. The van der Waals surface area contributed by atoms with Crippen molar-refractivity contribution in [3.8, 4) is 16.1 Å². The zero-order valence-electron chi connectivity index (χ0n) is 16.2. The van der Waals surface area contributed by atoms with E-state index in [4.69, 9.17) is 0 Å². The number of hydrogen-bond donors (Lipinski definition) is 1. The summed E-state index contributed by atoms with van der Waals surface area (Å²) < 4.78 is 2.84. The van der Waals surface area contributed by atoms with Crippen LogP contribution in [0.3, 0.4) is 0 Å². The Morgan fingerprint density at radius 1 is 1.19 bits per heavy atom. The SMILES string of the molecule is Cc1ccc(-n2cnnn2)cc1NC(=O)Cn1cnc2scc(-c3cccs3)c2c1=O. The number of tetrazole rings is 1. The number of anilines is 1. The number of rotatable bonds is 5. The first-order valence-corrected chi connectivity index (χ1v) is 11.0. The van der Waals surface area contributed by atoms with E-state index < -0.39 is 0 Å². The number of carbonyl (C=O) groups excluding carboxylic acids is 1. The van der Waals surface area contributed by atoms with Gasteiger partial charge in [0, 0.05) is 21.5 Å². The highest BCUT2D eigenvalue weighted by molar-refractivity contribution is 7.18. The summed E-state index contributed by atoms with van der Waals surface area (Å²) >= 11 is 2.98. The van der Waals surface area contributed by atoms with Gasteiger partial charge in [-0.15, -0.1) is 27.8 Å². The number of benzene rings is 1. The van der Waals surface area contributed by atoms with E-state index >= 15 is 0 Å². The van der Waals surface area contributed by atoms with Gasteiger partial charge in [0.25, 0.3) is 5.56 Å². The largest absolute Gasteiger partial charge is 0.324 e. The number of aromatic nitrogens is 6. The topological polar surface area (TPSA) is 108 Å². The van der Waals surface area contributed by atoms with E-state index in [1.807, 2.05) is 41.9 Å². The lowest BCUT2D eigenvalue weighted by atomic mass is 10.2. The highest BCUT2D eigenvalue weighted by Crippen LogP contribution is 2.33. The van der Waals surface area contributed by atoms with Crippen molar-refractivity contribution in [2.75, 3.05) is 5.32 Å². The van der Waals surface area contributed by atoms with Crippen molar-refractivity contribution in [3.05, 3.63) is 69.7 Å². The summed E-state index contributed by atoms with van der Waals surface area (Å²) in [5.41, 5.74) is 2.83. The lowest BCUT2D eigenvalue weighted by molar-refractivity contribution is -0.116. The van der Waals surface area contributed by atoms with Crippen LogP contribution >= 0.6 is 22.7 Å². The van der Waals surface area contributed by atoms with Gasteiger partial charge in [-0.05, 0) is 46.5 Å². The van der Waals surface area contributed by atoms with Crippen LogP contribution in [0, 0.1) is 6.92 Å². The minimum absolute atomic E-state index is 0.143. The molecule has 0 aliphatic carbocycles. The molecule has 0 saturated carbocycles. The van der Waals surface area contributed by atoms with Crippen molar-refractivity contribution in [1.82, 2.24) is 29.8 Å².